The molecule has 1 aliphatic heterocycles. The van der Waals surface area contributed by atoms with Gasteiger partial charge in [0, 0.05) is 23.9 Å². The second-order valence-electron chi connectivity index (χ2n) is 8.16. The first-order chi connectivity index (χ1) is 15.1. The Balaban J connectivity index is 1.64. The lowest BCUT2D eigenvalue weighted by Crippen LogP contribution is -2.19. The molecule has 1 unspecified atom stereocenters. The van der Waals surface area contributed by atoms with Crippen LogP contribution in [-0.2, 0) is 4.74 Å². The standard InChI is InChI=1S/C23H26N6O2/c1-14(2)31-16-7-8-20-17(13-16)22(28-29(20)21-6-4-5-11-30-21)23-24-10-9-18(25-23)19-12-15(3)26-27-19/h7-10,12-14,21H,4-6,11H2,1-3H3,(H,26,27). The van der Waals surface area contributed by atoms with Crippen LogP contribution in [0.4, 0.5) is 0 Å². The van der Waals surface area contributed by atoms with E-state index in [1.54, 1.807) is 6.20 Å². The van der Waals surface area contributed by atoms with Crippen LogP contribution in [0, 0.1) is 6.92 Å². The van der Waals surface area contributed by atoms with E-state index >= 15 is 0 Å². The molecule has 8 nitrogen and oxygen atoms in total. The lowest BCUT2D eigenvalue weighted by Gasteiger charge is -2.23. The number of rotatable bonds is 5. The van der Waals surface area contributed by atoms with Crippen LogP contribution in [-0.4, -0.2) is 42.7 Å². The quantitative estimate of drug-likeness (QED) is 0.506. The molecule has 1 aromatic carbocycles. The van der Waals surface area contributed by atoms with Crippen LogP contribution < -0.4 is 4.74 Å². The van der Waals surface area contributed by atoms with E-state index in [2.05, 4.69) is 15.2 Å². The zero-order valence-electron chi connectivity index (χ0n) is 18.0. The number of aryl methyl sites for hydroxylation is 1. The Morgan fingerprint density at radius 2 is 2.06 bits per heavy atom. The van der Waals surface area contributed by atoms with Gasteiger partial charge in [-0.3, -0.25) is 5.10 Å². The number of H-pyrrole nitrogens is 1. The fourth-order valence-corrected chi connectivity index (χ4v) is 3.93. The van der Waals surface area contributed by atoms with Crippen molar-refractivity contribution < 1.29 is 9.47 Å². The third kappa shape index (κ3) is 3.90. The SMILES string of the molecule is Cc1cc(-c2ccnc(-c3nn(C4CCCCO4)c4ccc(OC(C)C)cc34)n2)n[nH]1. The molecule has 1 aliphatic rings. The van der Waals surface area contributed by atoms with E-state index in [4.69, 9.17) is 19.6 Å². The Kier molecular flexibility index (Phi) is 5.15. The van der Waals surface area contributed by atoms with Crippen molar-refractivity contribution in [2.24, 2.45) is 0 Å². The summed E-state index contributed by atoms with van der Waals surface area (Å²) in [4.78, 5) is 9.31. The zero-order chi connectivity index (χ0) is 21.4. The van der Waals surface area contributed by atoms with E-state index in [9.17, 15) is 0 Å². The molecule has 0 bridgehead atoms. The van der Waals surface area contributed by atoms with E-state index in [0.717, 1.165) is 59.6 Å². The van der Waals surface area contributed by atoms with E-state index in [1.807, 2.05) is 55.8 Å². The summed E-state index contributed by atoms with van der Waals surface area (Å²) in [5.41, 5.74) is 4.22. The summed E-state index contributed by atoms with van der Waals surface area (Å²) in [5.74, 6) is 1.35. The molecular formula is C23H26N6O2. The van der Waals surface area contributed by atoms with E-state index < -0.39 is 0 Å². The van der Waals surface area contributed by atoms with Crippen molar-refractivity contribution in [3.05, 3.63) is 42.2 Å². The number of hydrogen-bond acceptors (Lipinski definition) is 6. The minimum Gasteiger partial charge on any atom is -0.491 e. The van der Waals surface area contributed by atoms with Crippen molar-refractivity contribution >= 4 is 10.9 Å². The second kappa shape index (κ2) is 8.11. The molecule has 0 aliphatic carbocycles. The van der Waals surface area contributed by atoms with Gasteiger partial charge in [0.15, 0.2) is 12.1 Å². The number of hydrogen-bond donors (Lipinski definition) is 1. The third-order valence-corrected chi connectivity index (χ3v) is 5.31. The average molecular weight is 419 g/mol. The maximum absolute atomic E-state index is 6.03. The van der Waals surface area contributed by atoms with Crippen molar-refractivity contribution in [2.45, 2.75) is 52.4 Å². The molecular weight excluding hydrogens is 392 g/mol. The van der Waals surface area contributed by atoms with Gasteiger partial charge in [0.1, 0.15) is 17.1 Å². The van der Waals surface area contributed by atoms with E-state index in [1.165, 1.54) is 0 Å². The molecule has 160 valence electrons. The Morgan fingerprint density at radius 1 is 1.16 bits per heavy atom. The summed E-state index contributed by atoms with van der Waals surface area (Å²) in [6.07, 6.45) is 4.90. The number of benzene rings is 1. The molecule has 0 amide bonds. The van der Waals surface area contributed by atoms with Gasteiger partial charge in [0.05, 0.1) is 17.3 Å². The van der Waals surface area contributed by atoms with Gasteiger partial charge in [-0.05, 0) is 70.4 Å². The number of aromatic nitrogens is 6. The van der Waals surface area contributed by atoms with Crippen LogP contribution in [0.15, 0.2) is 36.5 Å². The molecule has 1 saturated heterocycles. The topological polar surface area (TPSA) is 90.7 Å². The first-order valence-corrected chi connectivity index (χ1v) is 10.7. The minimum absolute atomic E-state index is 0.0834. The summed E-state index contributed by atoms with van der Waals surface area (Å²) < 4.78 is 13.9. The van der Waals surface area contributed by atoms with Crippen LogP contribution in [0.2, 0.25) is 0 Å². The van der Waals surface area contributed by atoms with E-state index in [-0.39, 0.29) is 12.3 Å². The Hall–Kier alpha value is -3.26. The molecule has 4 aromatic rings. The second-order valence-corrected chi connectivity index (χ2v) is 8.16. The molecule has 0 spiro atoms. The van der Waals surface area contributed by atoms with Crippen molar-refractivity contribution in [2.75, 3.05) is 6.61 Å². The highest BCUT2D eigenvalue weighted by molar-refractivity contribution is 5.93. The summed E-state index contributed by atoms with van der Waals surface area (Å²) in [6.45, 7) is 6.75. The van der Waals surface area contributed by atoms with Gasteiger partial charge in [0.25, 0.3) is 0 Å². The predicted octanol–water partition coefficient (Wildman–Crippen LogP) is 4.68. The van der Waals surface area contributed by atoms with Crippen molar-refractivity contribution in [1.82, 2.24) is 29.9 Å². The molecule has 0 radical (unpaired) electrons. The summed E-state index contributed by atoms with van der Waals surface area (Å²) in [5, 5.41) is 13.2. The van der Waals surface area contributed by atoms with Gasteiger partial charge >= 0.3 is 0 Å². The summed E-state index contributed by atoms with van der Waals surface area (Å²) >= 11 is 0. The Labute approximate surface area is 180 Å². The van der Waals surface area contributed by atoms with Gasteiger partial charge < -0.3 is 9.47 Å². The first-order valence-electron chi connectivity index (χ1n) is 10.7. The largest absolute Gasteiger partial charge is 0.491 e. The summed E-state index contributed by atoms with van der Waals surface area (Å²) in [7, 11) is 0. The first kappa shape index (κ1) is 19.7. The van der Waals surface area contributed by atoms with Crippen molar-refractivity contribution in [3.8, 4) is 28.7 Å². The predicted molar refractivity (Wildman–Crippen MR) is 118 cm³/mol. The van der Waals surface area contributed by atoms with Gasteiger partial charge in [-0.1, -0.05) is 0 Å². The molecule has 1 fully saturated rings. The smallest absolute Gasteiger partial charge is 0.181 e. The molecule has 4 heterocycles. The number of fused-ring (bicyclic) bond motifs is 1. The molecule has 5 rings (SSSR count). The molecule has 31 heavy (non-hydrogen) atoms. The Morgan fingerprint density at radius 3 is 2.81 bits per heavy atom. The van der Waals surface area contributed by atoms with Gasteiger partial charge in [-0.2, -0.15) is 10.2 Å². The normalized spacial score (nSPS) is 16.8. The molecule has 3 aromatic heterocycles. The van der Waals surface area contributed by atoms with Crippen LogP contribution in [0.5, 0.6) is 5.75 Å². The molecule has 8 heteroatoms. The van der Waals surface area contributed by atoms with Crippen LogP contribution in [0.3, 0.4) is 0 Å². The maximum Gasteiger partial charge on any atom is 0.181 e. The highest BCUT2D eigenvalue weighted by Gasteiger charge is 2.23. The Bertz CT molecular complexity index is 1210. The number of nitrogens with zero attached hydrogens (tertiary/aromatic N) is 5. The van der Waals surface area contributed by atoms with E-state index in [0.29, 0.717) is 11.5 Å². The highest BCUT2D eigenvalue weighted by Crippen LogP contribution is 2.34. The fourth-order valence-electron chi connectivity index (χ4n) is 3.93. The number of aromatic amines is 1. The van der Waals surface area contributed by atoms with Crippen molar-refractivity contribution in [1.29, 1.82) is 0 Å². The molecule has 0 saturated carbocycles. The maximum atomic E-state index is 6.03. The number of nitrogens with one attached hydrogen (secondary N) is 1. The van der Waals surface area contributed by atoms with Gasteiger partial charge in [-0.15, -0.1) is 0 Å². The highest BCUT2D eigenvalue weighted by atomic mass is 16.5. The monoisotopic (exact) mass is 418 g/mol. The minimum atomic E-state index is -0.0842. The average Bonchev–Trinajstić information content (AvgIpc) is 3.38. The lowest BCUT2D eigenvalue weighted by atomic mass is 10.1. The molecule has 1 atom stereocenters. The van der Waals surface area contributed by atoms with Crippen LogP contribution in [0.25, 0.3) is 33.8 Å². The fraction of sp³-hybridized carbons (Fsp3) is 0.391. The number of ether oxygens (including phenoxy) is 2. The van der Waals surface area contributed by atoms with Crippen LogP contribution >= 0.6 is 0 Å². The zero-order valence-corrected chi connectivity index (χ0v) is 18.0. The summed E-state index contributed by atoms with van der Waals surface area (Å²) in [6, 6.07) is 9.87. The van der Waals surface area contributed by atoms with Crippen LogP contribution in [0.1, 0.15) is 45.0 Å². The lowest BCUT2D eigenvalue weighted by molar-refractivity contribution is -0.0365. The van der Waals surface area contributed by atoms with Crippen molar-refractivity contribution in [3.63, 3.8) is 0 Å². The van der Waals surface area contributed by atoms with Gasteiger partial charge in [0.2, 0.25) is 0 Å². The van der Waals surface area contributed by atoms with Gasteiger partial charge in [-0.25, -0.2) is 14.6 Å². The third-order valence-electron chi connectivity index (χ3n) is 5.31. The molecule has 1 N–H and O–H groups in total.